The third-order valence-corrected chi connectivity index (χ3v) is 5.52. The predicted molar refractivity (Wildman–Crippen MR) is 65.8 cm³/mol. The molecule has 1 saturated heterocycles. The molecule has 0 saturated carbocycles. The lowest BCUT2D eigenvalue weighted by molar-refractivity contribution is -0.112. The molecule has 1 aromatic rings. The Labute approximate surface area is 111 Å². The number of piperidine rings is 1. The number of hydrogen-bond donors (Lipinski definition) is 0. The second-order valence-electron chi connectivity index (χ2n) is 4.30. The summed E-state index contributed by atoms with van der Waals surface area (Å²) in [6.45, 7) is 0.681. The summed E-state index contributed by atoms with van der Waals surface area (Å²) in [6.07, 6.45) is 3.31. The minimum absolute atomic E-state index is 0.00807. The van der Waals surface area contributed by atoms with Crippen LogP contribution in [0.15, 0.2) is 11.2 Å². The molecule has 18 heavy (non-hydrogen) atoms. The van der Waals surface area contributed by atoms with Gasteiger partial charge < -0.3 is 4.79 Å². The van der Waals surface area contributed by atoms with Gasteiger partial charge in [0.1, 0.15) is 6.29 Å². The number of carbonyl (C=O) groups is 1. The van der Waals surface area contributed by atoms with E-state index in [0.29, 0.717) is 25.9 Å². The molecule has 1 fully saturated rings. The lowest BCUT2D eigenvalue weighted by atomic mass is 10.0. The fraction of sp³-hybridized carbons (Fsp3) is 0.600. The monoisotopic (exact) mass is 291 g/mol. The number of aromatic nitrogens is 2. The van der Waals surface area contributed by atoms with E-state index < -0.39 is 10.0 Å². The van der Waals surface area contributed by atoms with Crippen molar-refractivity contribution in [2.75, 3.05) is 13.1 Å². The van der Waals surface area contributed by atoms with Crippen LogP contribution in [0.3, 0.4) is 0 Å². The quantitative estimate of drug-likeness (QED) is 0.768. The van der Waals surface area contributed by atoms with Gasteiger partial charge in [0.2, 0.25) is 0 Å². The van der Waals surface area contributed by atoms with Gasteiger partial charge in [-0.05, 0) is 12.8 Å². The molecule has 1 aromatic heterocycles. The topological polar surface area (TPSA) is 72.3 Å². The first-order valence-electron chi connectivity index (χ1n) is 5.59. The smallest absolute Gasteiger partial charge is 0.261 e. The fourth-order valence-electron chi connectivity index (χ4n) is 2.06. The Balaban J connectivity index is 2.25. The van der Waals surface area contributed by atoms with Crippen LogP contribution < -0.4 is 0 Å². The maximum Gasteiger partial charge on any atom is 0.261 e. The zero-order valence-electron chi connectivity index (χ0n) is 9.91. The Bertz CT molecular complexity index is 527. The molecule has 1 aliphatic rings. The summed E-state index contributed by atoms with van der Waals surface area (Å²) in [7, 11) is -2.09. The number of rotatable bonds is 3. The van der Waals surface area contributed by atoms with Crippen LogP contribution in [0.2, 0.25) is 5.02 Å². The summed E-state index contributed by atoms with van der Waals surface area (Å²) < 4.78 is 27.4. The van der Waals surface area contributed by atoms with Gasteiger partial charge >= 0.3 is 0 Å². The van der Waals surface area contributed by atoms with E-state index in [1.807, 2.05) is 0 Å². The molecule has 0 radical (unpaired) electrons. The Morgan fingerprint density at radius 2 is 2.06 bits per heavy atom. The molecular formula is C10H14ClN3O3S. The van der Waals surface area contributed by atoms with E-state index in [-0.39, 0.29) is 16.0 Å². The van der Waals surface area contributed by atoms with Gasteiger partial charge in [-0.3, -0.25) is 4.68 Å². The second kappa shape index (κ2) is 4.99. The third-order valence-electron chi connectivity index (χ3n) is 3.12. The molecule has 2 heterocycles. The SMILES string of the molecule is Cn1ncc(Cl)c1S(=O)(=O)N1CCC(C=O)CC1. The summed E-state index contributed by atoms with van der Waals surface area (Å²) in [5.41, 5.74) is 0. The number of carbonyl (C=O) groups excluding carboxylic acids is 1. The summed E-state index contributed by atoms with van der Waals surface area (Å²) in [4.78, 5) is 10.6. The molecule has 1 aliphatic heterocycles. The first-order chi connectivity index (χ1) is 8.46. The highest BCUT2D eigenvalue weighted by molar-refractivity contribution is 7.89. The van der Waals surface area contributed by atoms with E-state index in [9.17, 15) is 13.2 Å². The van der Waals surface area contributed by atoms with Gasteiger partial charge in [-0.2, -0.15) is 9.40 Å². The second-order valence-corrected chi connectivity index (χ2v) is 6.56. The van der Waals surface area contributed by atoms with E-state index >= 15 is 0 Å². The summed E-state index contributed by atoms with van der Waals surface area (Å²) in [5, 5.41) is 3.96. The Hall–Kier alpha value is -0.920. The average Bonchev–Trinajstić information content (AvgIpc) is 2.69. The lowest BCUT2D eigenvalue weighted by Gasteiger charge is -2.28. The Morgan fingerprint density at radius 1 is 1.44 bits per heavy atom. The van der Waals surface area contributed by atoms with Crippen LogP contribution in [-0.2, 0) is 21.9 Å². The van der Waals surface area contributed by atoms with Crippen molar-refractivity contribution in [2.24, 2.45) is 13.0 Å². The van der Waals surface area contributed by atoms with Gasteiger partial charge in [-0.1, -0.05) is 11.6 Å². The van der Waals surface area contributed by atoms with Crippen molar-refractivity contribution in [2.45, 2.75) is 17.9 Å². The highest BCUT2D eigenvalue weighted by Gasteiger charge is 2.33. The van der Waals surface area contributed by atoms with Crippen molar-refractivity contribution in [1.82, 2.24) is 14.1 Å². The molecule has 0 spiro atoms. The van der Waals surface area contributed by atoms with Crippen molar-refractivity contribution in [3.05, 3.63) is 11.2 Å². The van der Waals surface area contributed by atoms with E-state index in [4.69, 9.17) is 11.6 Å². The van der Waals surface area contributed by atoms with E-state index in [2.05, 4.69) is 5.10 Å². The highest BCUT2D eigenvalue weighted by Crippen LogP contribution is 2.27. The standard InChI is InChI=1S/C10H14ClN3O3S/c1-13-10(9(11)6-12-13)18(16,17)14-4-2-8(7-15)3-5-14/h6-8H,2-5H2,1H3. The van der Waals surface area contributed by atoms with Gasteiger partial charge in [0.15, 0.2) is 5.03 Å². The summed E-state index contributed by atoms with van der Waals surface area (Å²) in [6, 6.07) is 0. The number of aldehydes is 1. The van der Waals surface area contributed by atoms with Gasteiger partial charge in [-0.25, -0.2) is 8.42 Å². The lowest BCUT2D eigenvalue weighted by Crippen LogP contribution is -2.39. The first kappa shape index (κ1) is 13.5. The van der Waals surface area contributed by atoms with Gasteiger partial charge in [-0.15, -0.1) is 0 Å². The van der Waals surface area contributed by atoms with Crippen LogP contribution in [0, 0.1) is 5.92 Å². The average molecular weight is 292 g/mol. The predicted octanol–water partition coefficient (Wildman–Crippen LogP) is 0.673. The van der Waals surface area contributed by atoms with Crippen molar-refractivity contribution in [1.29, 1.82) is 0 Å². The minimum atomic E-state index is -3.63. The van der Waals surface area contributed by atoms with Crippen molar-refractivity contribution in [3.63, 3.8) is 0 Å². The van der Waals surface area contributed by atoms with Crippen LogP contribution in [-0.4, -0.2) is 41.9 Å². The zero-order chi connectivity index (χ0) is 13.3. The molecule has 0 N–H and O–H groups in total. The van der Waals surface area contributed by atoms with Crippen molar-refractivity contribution < 1.29 is 13.2 Å². The Morgan fingerprint density at radius 3 is 2.50 bits per heavy atom. The number of nitrogens with zero attached hydrogens (tertiary/aromatic N) is 3. The molecular weight excluding hydrogens is 278 g/mol. The van der Waals surface area contributed by atoms with E-state index in [1.165, 1.54) is 22.2 Å². The first-order valence-corrected chi connectivity index (χ1v) is 7.41. The van der Waals surface area contributed by atoms with E-state index in [0.717, 1.165) is 6.29 Å². The van der Waals surface area contributed by atoms with Crippen LogP contribution >= 0.6 is 11.6 Å². The number of sulfonamides is 1. The number of aryl methyl sites for hydroxylation is 1. The largest absolute Gasteiger partial charge is 0.303 e. The number of halogens is 1. The van der Waals surface area contributed by atoms with Gasteiger partial charge in [0.25, 0.3) is 10.0 Å². The van der Waals surface area contributed by atoms with Crippen LogP contribution in [0.5, 0.6) is 0 Å². The highest BCUT2D eigenvalue weighted by atomic mass is 35.5. The van der Waals surface area contributed by atoms with Gasteiger partial charge in [0, 0.05) is 26.1 Å². The third kappa shape index (κ3) is 2.30. The summed E-state index contributed by atoms with van der Waals surface area (Å²) >= 11 is 5.86. The molecule has 0 atom stereocenters. The molecule has 0 aliphatic carbocycles. The van der Waals surface area contributed by atoms with Crippen molar-refractivity contribution in [3.8, 4) is 0 Å². The minimum Gasteiger partial charge on any atom is -0.303 e. The molecule has 0 aromatic carbocycles. The van der Waals surface area contributed by atoms with E-state index in [1.54, 1.807) is 0 Å². The van der Waals surface area contributed by atoms with Crippen LogP contribution in [0.4, 0.5) is 0 Å². The van der Waals surface area contributed by atoms with Crippen molar-refractivity contribution >= 4 is 27.9 Å². The molecule has 0 unspecified atom stereocenters. The Kier molecular flexibility index (Phi) is 3.74. The fourth-order valence-corrected chi connectivity index (χ4v) is 4.14. The molecule has 6 nitrogen and oxygen atoms in total. The normalized spacial score (nSPS) is 19.0. The molecule has 0 amide bonds. The van der Waals surface area contributed by atoms with Crippen LogP contribution in [0.25, 0.3) is 0 Å². The number of hydrogen-bond acceptors (Lipinski definition) is 4. The molecule has 100 valence electrons. The molecule has 0 bridgehead atoms. The van der Waals surface area contributed by atoms with Gasteiger partial charge in [0.05, 0.1) is 11.2 Å². The summed E-state index contributed by atoms with van der Waals surface area (Å²) in [5.74, 6) is -0.0431. The maximum absolute atomic E-state index is 12.4. The zero-order valence-corrected chi connectivity index (χ0v) is 11.5. The molecule has 8 heteroatoms. The maximum atomic E-state index is 12.4. The molecule has 2 rings (SSSR count). The van der Waals surface area contributed by atoms with Crippen LogP contribution in [0.1, 0.15) is 12.8 Å².